The van der Waals surface area contributed by atoms with Crippen molar-refractivity contribution in [1.29, 1.82) is 0 Å². The Morgan fingerprint density at radius 1 is 1.56 bits per heavy atom. The van der Waals surface area contributed by atoms with Gasteiger partial charge in [0.25, 0.3) is 6.43 Å². The van der Waals surface area contributed by atoms with Crippen LogP contribution >= 0.6 is 34.2 Å². The summed E-state index contributed by atoms with van der Waals surface area (Å²) in [6.07, 6.45) is -3.26. The monoisotopic (exact) mass is 361 g/mol. The van der Waals surface area contributed by atoms with E-state index >= 15 is 0 Å². The van der Waals surface area contributed by atoms with Gasteiger partial charge in [0, 0.05) is 9.13 Å². The molecule has 0 spiro atoms. The van der Waals surface area contributed by atoms with Gasteiger partial charge < -0.3 is 5.11 Å². The molecular formula is C9H7ClF2INO2. The summed E-state index contributed by atoms with van der Waals surface area (Å²) < 4.78 is 25.8. The van der Waals surface area contributed by atoms with Gasteiger partial charge in [-0.25, -0.2) is 8.78 Å². The minimum absolute atomic E-state index is 0.0639. The fourth-order valence-corrected chi connectivity index (χ4v) is 2.23. The van der Waals surface area contributed by atoms with Crippen LogP contribution in [0.5, 0.6) is 0 Å². The maximum absolute atomic E-state index is 12.6. The molecule has 0 aliphatic rings. The molecule has 1 aromatic rings. The molecule has 88 valence electrons. The second-order valence-corrected chi connectivity index (χ2v) is 4.39. The number of alkyl halides is 3. The minimum atomic E-state index is -2.74. The van der Waals surface area contributed by atoms with Crippen LogP contribution < -0.4 is 0 Å². The summed E-state index contributed by atoms with van der Waals surface area (Å²) in [5, 5.41) is 8.59. The smallest absolute Gasteiger partial charge is 0.309 e. The fourth-order valence-electron chi connectivity index (χ4n) is 1.15. The molecule has 3 nitrogen and oxygen atoms in total. The number of halogens is 4. The van der Waals surface area contributed by atoms with E-state index in [4.69, 9.17) is 16.7 Å². The number of hydrogen-bond acceptors (Lipinski definition) is 2. The topological polar surface area (TPSA) is 50.2 Å². The van der Waals surface area contributed by atoms with E-state index < -0.39 is 18.8 Å². The van der Waals surface area contributed by atoms with E-state index in [2.05, 4.69) is 4.98 Å². The molecule has 0 unspecified atom stereocenters. The summed E-state index contributed by atoms with van der Waals surface area (Å²) in [4.78, 5) is 14.4. The number of carboxylic acid groups (broad SMARTS) is 1. The second kappa shape index (κ2) is 5.72. The molecule has 0 bridgehead atoms. The van der Waals surface area contributed by atoms with Crippen molar-refractivity contribution in [3.63, 3.8) is 0 Å². The number of aliphatic carboxylic acids is 1. The van der Waals surface area contributed by atoms with Gasteiger partial charge in [-0.3, -0.25) is 9.78 Å². The number of hydrogen-bond donors (Lipinski definition) is 1. The largest absolute Gasteiger partial charge is 0.481 e. The Kier molecular flexibility index (Phi) is 4.85. The van der Waals surface area contributed by atoms with Crippen LogP contribution in [0.2, 0.25) is 0 Å². The van der Waals surface area contributed by atoms with Gasteiger partial charge in [-0.05, 0) is 28.7 Å². The maximum atomic E-state index is 12.6. The average Bonchev–Trinajstić information content (AvgIpc) is 2.19. The van der Waals surface area contributed by atoms with Gasteiger partial charge in [0.1, 0.15) is 0 Å². The van der Waals surface area contributed by atoms with Crippen molar-refractivity contribution in [1.82, 2.24) is 4.98 Å². The van der Waals surface area contributed by atoms with E-state index in [-0.39, 0.29) is 17.1 Å². The van der Waals surface area contributed by atoms with Crippen LogP contribution in [-0.4, -0.2) is 16.1 Å². The first-order valence-electron chi connectivity index (χ1n) is 4.19. The molecule has 7 heteroatoms. The predicted octanol–water partition coefficient (Wildman–Crippen LogP) is 2.99. The molecule has 0 fully saturated rings. The number of rotatable bonds is 4. The van der Waals surface area contributed by atoms with E-state index in [1.54, 1.807) is 0 Å². The lowest BCUT2D eigenvalue weighted by atomic mass is 10.1. The van der Waals surface area contributed by atoms with Crippen LogP contribution in [0.15, 0.2) is 6.07 Å². The lowest BCUT2D eigenvalue weighted by Gasteiger charge is -2.09. The third-order valence-corrected chi connectivity index (χ3v) is 3.03. The molecule has 0 aromatic carbocycles. The molecule has 1 rings (SSSR count). The Hall–Kier alpha value is -0.500. The highest BCUT2D eigenvalue weighted by Gasteiger charge is 2.19. The van der Waals surface area contributed by atoms with Crippen LogP contribution in [-0.2, 0) is 17.1 Å². The van der Waals surface area contributed by atoms with Crippen LogP contribution in [0.3, 0.4) is 0 Å². The standard InChI is InChI=1S/C9H7ClF2INO2/c10-3-7-5(13)1-4(9(11)12)6(14-7)2-8(15)16/h1,9H,2-3H2,(H,15,16). The highest BCUT2D eigenvalue weighted by atomic mass is 127. The van der Waals surface area contributed by atoms with E-state index in [1.807, 2.05) is 22.6 Å². The van der Waals surface area contributed by atoms with Crippen molar-refractivity contribution in [2.24, 2.45) is 0 Å². The van der Waals surface area contributed by atoms with Crippen molar-refractivity contribution in [3.05, 3.63) is 26.6 Å². The Labute approximate surface area is 109 Å². The first-order chi connectivity index (χ1) is 7.45. The summed E-state index contributed by atoms with van der Waals surface area (Å²) in [5.74, 6) is -1.13. The lowest BCUT2D eigenvalue weighted by Crippen LogP contribution is -2.09. The number of nitrogens with zero attached hydrogens (tertiary/aromatic N) is 1. The van der Waals surface area contributed by atoms with Gasteiger partial charge in [-0.15, -0.1) is 11.6 Å². The van der Waals surface area contributed by atoms with Gasteiger partial charge in [-0.2, -0.15) is 0 Å². The molecule has 0 amide bonds. The summed E-state index contributed by atoms with van der Waals surface area (Å²) in [5.41, 5.74) is -0.0536. The highest BCUT2D eigenvalue weighted by Crippen LogP contribution is 2.26. The molecule has 1 N–H and O–H groups in total. The third kappa shape index (κ3) is 3.24. The summed E-state index contributed by atoms with van der Waals surface area (Å²) in [6.45, 7) is 0. The van der Waals surface area contributed by atoms with Crippen LogP contribution in [0.25, 0.3) is 0 Å². The molecule has 1 aromatic heterocycles. The molecule has 0 aliphatic heterocycles. The van der Waals surface area contributed by atoms with Gasteiger partial charge in [0.2, 0.25) is 0 Å². The first kappa shape index (κ1) is 13.6. The molecule has 0 saturated carbocycles. The zero-order chi connectivity index (χ0) is 12.3. The summed E-state index contributed by atoms with van der Waals surface area (Å²) >= 11 is 7.41. The molecular weight excluding hydrogens is 354 g/mol. The minimum Gasteiger partial charge on any atom is -0.481 e. The van der Waals surface area contributed by atoms with Crippen LogP contribution in [0, 0.1) is 3.57 Å². The third-order valence-electron chi connectivity index (χ3n) is 1.84. The Morgan fingerprint density at radius 2 is 2.19 bits per heavy atom. The Morgan fingerprint density at radius 3 is 2.62 bits per heavy atom. The molecule has 0 radical (unpaired) electrons. The number of pyridine rings is 1. The predicted molar refractivity (Wildman–Crippen MR) is 62.8 cm³/mol. The molecule has 0 saturated heterocycles. The van der Waals surface area contributed by atoms with E-state index in [0.29, 0.717) is 9.26 Å². The van der Waals surface area contributed by atoms with Gasteiger partial charge in [-0.1, -0.05) is 0 Å². The quantitative estimate of drug-likeness (QED) is 0.662. The van der Waals surface area contributed by atoms with Crippen molar-refractivity contribution < 1.29 is 18.7 Å². The molecule has 16 heavy (non-hydrogen) atoms. The van der Waals surface area contributed by atoms with Gasteiger partial charge >= 0.3 is 5.97 Å². The number of carbonyl (C=O) groups is 1. The highest BCUT2D eigenvalue weighted by molar-refractivity contribution is 14.1. The normalized spacial score (nSPS) is 10.8. The number of carboxylic acids is 1. The SMILES string of the molecule is O=C(O)Cc1nc(CCl)c(I)cc1C(F)F. The van der Waals surface area contributed by atoms with Crippen LogP contribution in [0.1, 0.15) is 23.4 Å². The van der Waals surface area contributed by atoms with E-state index in [0.717, 1.165) is 0 Å². The number of aromatic nitrogens is 1. The van der Waals surface area contributed by atoms with Crippen molar-refractivity contribution in [2.75, 3.05) is 0 Å². The maximum Gasteiger partial charge on any atom is 0.309 e. The second-order valence-electron chi connectivity index (χ2n) is 2.96. The Bertz CT molecular complexity index is 415. The fraction of sp³-hybridized carbons (Fsp3) is 0.333. The average molecular weight is 362 g/mol. The van der Waals surface area contributed by atoms with Crippen molar-refractivity contribution in [2.45, 2.75) is 18.7 Å². The summed E-state index contributed by atoms with van der Waals surface area (Å²) in [6, 6.07) is 1.23. The molecule has 0 atom stereocenters. The molecule has 0 aliphatic carbocycles. The van der Waals surface area contributed by atoms with Crippen molar-refractivity contribution in [3.8, 4) is 0 Å². The van der Waals surface area contributed by atoms with E-state index in [9.17, 15) is 13.6 Å². The summed E-state index contributed by atoms with van der Waals surface area (Å²) in [7, 11) is 0. The first-order valence-corrected chi connectivity index (χ1v) is 5.81. The lowest BCUT2D eigenvalue weighted by molar-refractivity contribution is -0.136. The van der Waals surface area contributed by atoms with Gasteiger partial charge in [0.15, 0.2) is 0 Å². The van der Waals surface area contributed by atoms with E-state index in [1.165, 1.54) is 6.07 Å². The van der Waals surface area contributed by atoms with Gasteiger partial charge in [0.05, 0.1) is 23.7 Å². The molecule has 1 heterocycles. The zero-order valence-corrected chi connectivity index (χ0v) is 10.8. The van der Waals surface area contributed by atoms with Crippen molar-refractivity contribution >= 4 is 40.2 Å². The van der Waals surface area contributed by atoms with Crippen LogP contribution in [0.4, 0.5) is 8.78 Å². The zero-order valence-electron chi connectivity index (χ0n) is 7.88. The Balaban J connectivity index is 3.24.